The van der Waals surface area contributed by atoms with Crippen LogP contribution in [0.2, 0.25) is 0 Å². The lowest BCUT2D eigenvalue weighted by atomic mass is 9.95. The van der Waals surface area contributed by atoms with Crippen LogP contribution in [0.4, 0.5) is 13.2 Å². The summed E-state index contributed by atoms with van der Waals surface area (Å²) in [4.78, 5) is 11.8. The molecule has 1 aromatic heterocycles. The maximum Gasteiger partial charge on any atom is 0.393 e. The summed E-state index contributed by atoms with van der Waals surface area (Å²) in [5.74, 6) is 0.402. The minimum absolute atomic E-state index is 0.130. The molecular formula is C17H15BrF3NO2. The first-order valence-corrected chi connectivity index (χ1v) is 8.17. The number of methoxy groups -OCH3 is 1. The summed E-state index contributed by atoms with van der Waals surface area (Å²) in [5, 5.41) is 0. The van der Waals surface area contributed by atoms with E-state index in [0.717, 1.165) is 5.56 Å². The van der Waals surface area contributed by atoms with Crippen molar-refractivity contribution in [1.82, 2.24) is 4.57 Å². The summed E-state index contributed by atoms with van der Waals surface area (Å²) in [6.07, 6.45) is -4.76. The zero-order valence-electron chi connectivity index (χ0n) is 13.1. The smallest absolute Gasteiger partial charge is 0.393 e. The summed E-state index contributed by atoms with van der Waals surface area (Å²) in [6.45, 7) is 1.85. The molecule has 0 bridgehead atoms. The molecule has 0 radical (unpaired) electrons. The number of halogens is 4. The zero-order valence-corrected chi connectivity index (χ0v) is 14.7. The van der Waals surface area contributed by atoms with Crippen LogP contribution < -0.4 is 4.74 Å². The number of rotatable bonds is 3. The van der Waals surface area contributed by atoms with E-state index in [2.05, 4.69) is 15.9 Å². The van der Waals surface area contributed by atoms with E-state index >= 15 is 0 Å². The molecule has 1 aliphatic rings. The fourth-order valence-electron chi connectivity index (χ4n) is 3.21. The van der Waals surface area contributed by atoms with Crippen molar-refractivity contribution >= 4 is 21.7 Å². The van der Waals surface area contributed by atoms with Gasteiger partial charge in [-0.1, -0.05) is 0 Å². The van der Waals surface area contributed by atoms with Crippen LogP contribution in [0, 0.1) is 0 Å². The van der Waals surface area contributed by atoms with Gasteiger partial charge in [0.1, 0.15) is 5.75 Å². The summed E-state index contributed by atoms with van der Waals surface area (Å²) < 4.78 is 46.5. The van der Waals surface area contributed by atoms with Gasteiger partial charge in [0.2, 0.25) is 0 Å². The summed E-state index contributed by atoms with van der Waals surface area (Å²) >= 11 is 3.39. The van der Waals surface area contributed by atoms with E-state index < -0.39 is 12.6 Å². The van der Waals surface area contributed by atoms with Crippen molar-refractivity contribution in [1.29, 1.82) is 0 Å². The SMILES string of the molecule is COc1cc2c(cc1Br)-c1c(CC(F)(F)F)cc(C(C)=O)n1CC2. The number of hydrogen-bond donors (Lipinski definition) is 0. The average Bonchev–Trinajstić information content (AvgIpc) is 2.84. The highest BCUT2D eigenvalue weighted by atomic mass is 79.9. The van der Waals surface area contributed by atoms with Crippen molar-refractivity contribution in [2.75, 3.05) is 7.11 Å². The first-order chi connectivity index (χ1) is 11.2. The van der Waals surface area contributed by atoms with Gasteiger partial charge in [0.25, 0.3) is 0 Å². The van der Waals surface area contributed by atoms with E-state index in [1.165, 1.54) is 13.0 Å². The summed E-state index contributed by atoms with van der Waals surface area (Å²) in [6, 6.07) is 4.97. The number of carbonyl (C=O) groups is 1. The molecule has 1 aromatic carbocycles. The molecule has 0 saturated carbocycles. The molecule has 1 aliphatic heterocycles. The quantitative estimate of drug-likeness (QED) is 0.692. The van der Waals surface area contributed by atoms with Crippen molar-refractivity contribution in [3.05, 3.63) is 39.5 Å². The molecule has 7 heteroatoms. The second kappa shape index (κ2) is 5.95. The van der Waals surface area contributed by atoms with Crippen LogP contribution in [0.5, 0.6) is 5.75 Å². The van der Waals surface area contributed by atoms with Crippen LogP contribution in [0.15, 0.2) is 22.7 Å². The lowest BCUT2D eigenvalue weighted by Gasteiger charge is -2.23. The lowest BCUT2D eigenvalue weighted by molar-refractivity contribution is -0.127. The fourth-order valence-corrected chi connectivity index (χ4v) is 3.71. The Balaban J connectivity index is 2.24. The molecule has 0 fully saturated rings. The van der Waals surface area contributed by atoms with Crippen LogP contribution >= 0.6 is 15.9 Å². The highest BCUT2D eigenvalue weighted by Gasteiger charge is 2.33. The maximum absolute atomic E-state index is 13.0. The van der Waals surface area contributed by atoms with Gasteiger partial charge in [-0.05, 0) is 51.7 Å². The van der Waals surface area contributed by atoms with Gasteiger partial charge in [0, 0.05) is 19.0 Å². The monoisotopic (exact) mass is 401 g/mol. The number of benzene rings is 1. The number of aryl methyl sites for hydroxylation is 1. The Kier molecular flexibility index (Phi) is 4.23. The molecule has 0 unspecified atom stereocenters. The molecular weight excluding hydrogens is 387 g/mol. The Morgan fingerprint density at radius 3 is 2.62 bits per heavy atom. The number of Topliss-reactive ketones (excluding diaryl/α,β-unsaturated/α-hetero) is 1. The third kappa shape index (κ3) is 2.97. The lowest BCUT2D eigenvalue weighted by Crippen LogP contribution is -2.17. The van der Waals surface area contributed by atoms with Crippen molar-refractivity contribution in [2.24, 2.45) is 0 Å². The van der Waals surface area contributed by atoms with E-state index in [1.54, 1.807) is 17.7 Å². The van der Waals surface area contributed by atoms with Gasteiger partial charge in [-0.3, -0.25) is 4.79 Å². The van der Waals surface area contributed by atoms with Gasteiger partial charge in [0.05, 0.1) is 29.4 Å². The fraction of sp³-hybridized carbons (Fsp3) is 0.353. The number of nitrogens with zero attached hydrogens (tertiary/aromatic N) is 1. The van der Waals surface area contributed by atoms with E-state index in [9.17, 15) is 18.0 Å². The van der Waals surface area contributed by atoms with Crippen molar-refractivity contribution in [3.63, 3.8) is 0 Å². The van der Waals surface area contributed by atoms with Crippen LogP contribution in [0.25, 0.3) is 11.3 Å². The minimum atomic E-state index is -4.34. The van der Waals surface area contributed by atoms with E-state index in [4.69, 9.17) is 4.74 Å². The van der Waals surface area contributed by atoms with Gasteiger partial charge in [-0.15, -0.1) is 0 Å². The average molecular weight is 402 g/mol. The number of alkyl halides is 3. The Hall–Kier alpha value is -1.76. The number of hydrogen-bond acceptors (Lipinski definition) is 2. The standard InChI is InChI=1S/C17H15BrF3NO2/c1-9(23)14-5-11(8-17(19,20)21)16-12-7-13(18)15(24-2)6-10(12)3-4-22(14)16/h5-7H,3-4,8H2,1-2H3. The molecule has 0 spiro atoms. The predicted molar refractivity (Wildman–Crippen MR) is 87.6 cm³/mol. The van der Waals surface area contributed by atoms with Gasteiger partial charge < -0.3 is 9.30 Å². The molecule has 3 nitrogen and oxygen atoms in total. The van der Waals surface area contributed by atoms with Crippen LogP contribution in [0.3, 0.4) is 0 Å². The predicted octanol–water partition coefficient (Wildman–Crippen LogP) is 4.79. The minimum Gasteiger partial charge on any atom is -0.496 e. The Labute approximate surface area is 145 Å². The van der Waals surface area contributed by atoms with Gasteiger partial charge in [0.15, 0.2) is 5.78 Å². The normalized spacial score (nSPS) is 13.4. The van der Waals surface area contributed by atoms with Gasteiger partial charge in [-0.2, -0.15) is 13.2 Å². The number of aromatic nitrogens is 1. The number of fused-ring (bicyclic) bond motifs is 3. The van der Waals surface area contributed by atoms with E-state index in [-0.39, 0.29) is 11.3 Å². The zero-order chi connectivity index (χ0) is 17.6. The third-order valence-electron chi connectivity index (χ3n) is 4.16. The Bertz CT molecular complexity index is 824. The topological polar surface area (TPSA) is 31.2 Å². The highest BCUT2D eigenvalue weighted by molar-refractivity contribution is 9.10. The first-order valence-electron chi connectivity index (χ1n) is 7.38. The first kappa shape index (κ1) is 17.1. The van der Waals surface area contributed by atoms with Gasteiger partial charge >= 0.3 is 6.18 Å². The largest absolute Gasteiger partial charge is 0.496 e. The third-order valence-corrected chi connectivity index (χ3v) is 4.78. The molecule has 0 N–H and O–H groups in total. The summed E-state index contributed by atoms with van der Waals surface area (Å²) in [7, 11) is 1.54. The van der Waals surface area contributed by atoms with Crippen LogP contribution in [-0.2, 0) is 19.4 Å². The molecule has 0 saturated heterocycles. The van der Waals surface area contributed by atoms with E-state index in [1.807, 2.05) is 6.07 Å². The van der Waals surface area contributed by atoms with Crippen molar-refractivity contribution in [3.8, 4) is 17.0 Å². The second-order valence-corrected chi connectivity index (χ2v) is 6.65. The molecule has 2 aromatic rings. The molecule has 128 valence electrons. The van der Waals surface area contributed by atoms with Crippen LogP contribution in [0.1, 0.15) is 28.5 Å². The highest BCUT2D eigenvalue weighted by Crippen LogP contribution is 2.41. The van der Waals surface area contributed by atoms with E-state index in [0.29, 0.717) is 40.1 Å². The molecule has 0 aliphatic carbocycles. The number of ketones is 1. The molecule has 3 rings (SSSR count). The Morgan fingerprint density at radius 1 is 1.33 bits per heavy atom. The van der Waals surface area contributed by atoms with Crippen LogP contribution in [-0.4, -0.2) is 23.6 Å². The number of ether oxygens (including phenoxy) is 1. The summed E-state index contributed by atoms with van der Waals surface area (Å²) in [5.41, 5.74) is 2.55. The maximum atomic E-state index is 13.0. The molecule has 0 atom stereocenters. The molecule has 0 amide bonds. The number of carbonyl (C=O) groups excluding carboxylic acids is 1. The Morgan fingerprint density at radius 2 is 2.04 bits per heavy atom. The molecule has 2 heterocycles. The van der Waals surface area contributed by atoms with Crippen molar-refractivity contribution in [2.45, 2.75) is 32.5 Å². The second-order valence-electron chi connectivity index (χ2n) is 5.80. The molecule has 24 heavy (non-hydrogen) atoms. The van der Waals surface area contributed by atoms with Crippen molar-refractivity contribution < 1.29 is 22.7 Å². The van der Waals surface area contributed by atoms with Gasteiger partial charge in [-0.25, -0.2) is 0 Å².